The van der Waals surface area contributed by atoms with Gasteiger partial charge < -0.3 is 14.4 Å². The molecular formula is C16H17N3O2. The predicted molar refractivity (Wildman–Crippen MR) is 81.5 cm³/mol. The number of benzene rings is 1. The number of aromatic hydroxyl groups is 1. The van der Waals surface area contributed by atoms with E-state index in [9.17, 15) is 5.11 Å². The van der Waals surface area contributed by atoms with E-state index < -0.39 is 0 Å². The van der Waals surface area contributed by atoms with Crippen molar-refractivity contribution in [3.63, 3.8) is 0 Å². The molecule has 0 atom stereocenters. The highest BCUT2D eigenvalue weighted by Crippen LogP contribution is 2.33. The number of ether oxygens (including phenoxy) is 1. The number of hydrogen-bond acceptors (Lipinski definition) is 4. The Hall–Kier alpha value is -2.56. The molecule has 0 aliphatic heterocycles. The molecule has 0 amide bonds. The van der Waals surface area contributed by atoms with Crippen LogP contribution in [0.25, 0.3) is 22.4 Å². The quantitative estimate of drug-likeness (QED) is 0.798. The van der Waals surface area contributed by atoms with Gasteiger partial charge in [0.25, 0.3) is 0 Å². The Kier molecular flexibility index (Phi) is 3.48. The van der Waals surface area contributed by atoms with Gasteiger partial charge in [-0.2, -0.15) is 0 Å². The van der Waals surface area contributed by atoms with E-state index in [1.54, 1.807) is 25.6 Å². The summed E-state index contributed by atoms with van der Waals surface area (Å²) in [4.78, 5) is 8.73. The maximum absolute atomic E-state index is 10.2. The van der Waals surface area contributed by atoms with Crippen LogP contribution in [0.4, 0.5) is 0 Å². The third kappa shape index (κ3) is 2.31. The molecule has 2 aromatic heterocycles. The number of rotatable bonds is 4. The standard InChI is InChI=1S/C16H17N3O2/c1-3-8-19-14-6-7-17-10-13(14)18-16(19)12-5-4-11(21-2)9-15(12)20/h4-7,9-10,20H,3,8H2,1-2H3. The normalized spacial score (nSPS) is 11.0. The average Bonchev–Trinajstić information content (AvgIpc) is 2.86. The predicted octanol–water partition coefficient (Wildman–Crippen LogP) is 3.22. The lowest BCUT2D eigenvalue weighted by molar-refractivity contribution is 0.408. The number of fused-ring (bicyclic) bond motifs is 1. The fraction of sp³-hybridized carbons (Fsp3) is 0.250. The Morgan fingerprint density at radius 2 is 2.14 bits per heavy atom. The number of hydrogen-bond donors (Lipinski definition) is 1. The van der Waals surface area contributed by atoms with E-state index in [2.05, 4.69) is 21.5 Å². The van der Waals surface area contributed by atoms with Gasteiger partial charge >= 0.3 is 0 Å². The number of phenols is 1. The first-order chi connectivity index (χ1) is 10.2. The molecule has 0 saturated heterocycles. The molecule has 0 unspecified atom stereocenters. The van der Waals surface area contributed by atoms with Gasteiger partial charge in [0.05, 0.1) is 24.4 Å². The summed E-state index contributed by atoms with van der Waals surface area (Å²) in [6, 6.07) is 7.20. The van der Waals surface area contributed by atoms with Crippen molar-refractivity contribution >= 4 is 11.0 Å². The minimum Gasteiger partial charge on any atom is -0.507 e. The molecule has 0 saturated carbocycles. The lowest BCUT2D eigenvalue weighted by atomic mass is 10.1. The lowest BCUT2D eigenvalue weighted by Gasteiger charge is -2.10. The second-order valence-electron chi connectivity index (χ2n) is 4.83. The lowest BCUT2D eigenvalue weighted by Crippen LogP contribution is -2.00. The van der Waals surface area contributed by atoms with Gasteiger partial charge in [0.15, 0.2) is 0 Å². The second-order valence-corrected chi connectivity index (χ2v) is 4.83. The van der Waals surface area contributed by atoms with Crippen molar-refractivity contribution in [2.75, 3.05) is 7.11 Å². The molecule has 1 aromatic carbocycles. The van der Waals surface area contributed by atoms with Crippen LogP contribution < -0.4 is 4.74 Å². The number of pyridine rings is 1. The van der Waals surface area contributed by atoms with Gasteiger partial charge in [-0.15, -0.1) is 0 Å². The average molecular weight is 283 g/mol. The van der Waals surface area contributed by atoms with Gasteiger partial charge in [-0.05, 0) is 24.6 Å². The Bertz CT molecular complexity index is 780. The largest absolute Gasteiger partial charge is 0.507 e. The monoisotopic (exact) mass is 283 g/mol. The molecule has 0 aliphatic rings. The Morgan fingerprint density at radius 1 is 1.29 bits per heavy atom. The minimum absolute atomic E-state index is 0.162. The highest BCUT2D eigenvalue weighted by atomic mass is 16.5. The molecule has 1 N–H and O–H groups in total. The van der Waals surface area contributed by atoms with Crippen LogP contribution >= 0.6 is 0 Å². The number of nitrogens with zero attached hydrogens (tertiary/aromatic N) is 3. The molecule has 0 aliphatic carbocycles. The summed E-state index contributed by atoms with van der Waals surface area (Å²) in [5.41, 5.74) is 2.55. The molecule has 0 spiro atoms. The summed E-state index contributed by atoms with van der Waals surface area (Å²) in [7, 11) is 1.58. The summed E-state index contributed by atoms with van der Waals surface area (Å²) >= 11 is 0. The summed E-state index contributed by atoms with van der Waals surface area (Å²) in [5.74, 6) is 1.53. The molecule has 108 valence electrons. The van der Waals surface area contributed by atoms with Crippen LogP contribution in [0.1, 0.15) is 13.3 Å². The van der Waals surface area contributed by atoms with Gasteiger partial charge in [0.1, 0.15) is 22.8 Å². The van der Waals surface area contributed by atoms with Crippen molar-refractivity contribution in [2.45, 2.75) is 19.9 Å². The molecule has 5 heteroatoms. The van der Waals surface area contributed by atoms with E-state index in [0.717, 1.165) is 29.8 Å². The van der Waals surface area contributed by atoms with Crippen LogP contribution in [0.15, 0.2) is 36.7 Å². The first-order valence-corrected chi connectivity index (χ1v) is 6.92. The molecule has 3 rings (SSSR count). The number of aryl methyl sites for hydroxylation is 1. The van der Waals surface area contributed by atoms with Crippen molar-refractivity contribution in [3.05, 3.63) is 36.7 Å². The Labute approximate surface area is 122 Å². The summed E-state index contributed by atoms with van der Waals surface area (Å²) in [6.07, 6.45) is 4.48. The topological polar surface area (TPSA) is 60.2 Å². The summed E-state index contributed by atoms with van der Waals surface area (Å²) < 4.78 is 7.24. The van der Waals surface area contributed by atoms with Crippen LogP contribution in [0.3, 0.4) is 0 Å². The van der Waals surface area contributed by atoms with Crippen molar-refractivity contribution in [3.8, 4) is 22.9 Å². The van der Waals surface area contributed by atoms with E-state index >= 15 is 0 Å². The maximum atomic E-state index is 10.2. The fourth-order valence-electron chi connectivity index (χ4n) is 2.46. The smallest absolute Gasteiger partial charge is 0.144 e. The third-order valence-corrected chi connectivity index (χ3v) is 3.44. The SMILES string of the molecule is CCCn1c(-c2ccc(OC)cc2O)nc2cnccc21. The highest BCUT2D eigenvalue weighted by Gasteiger charge is 2.15. The molecule has 3 aromatic rings. The number of methoxy groups -OCH3 is 1. The first kappa shape index (κ1) is 13.4. The highest BCUT2D eigenvalue weighted by molar-refractivity contribution is 5.81. The molecule has 2 heterocycles. The van der Waals surface area contributed by atoms with Crippen molar-refractivity contribution in [1.29, 1.82) is 0 Å². The van der Waals surface area contributed by atoms with Crippen LogP contribution in [0.2, 0.25) is 0 Å². The van der Waals surface area contributed by atoms with Gasteiger partial charge in [-0.1, -0.05) is 6.92 Å². The summed E-state index contributed by atoms with van der Waals surface area (Å²) in [5, 5.41) is 10.2. The van der Waals surface area contributed by atoms with E-state index in [1.807, 2.05) is 18.2 Å². The molecular weight excluding hydrogens is 266 g/mol. The van der Waals surface area contributed by atoms with Crippen LogP contribution in [-0.2, 0) is 6.54 Å². The van der Waals surface area contributed by atoms with E-state index in [-0.39, 0.29) is 5.75 Å². The summed E-state index contributed by atoms with van der Waals surface area (Å²) in [6.45, 7) is 2.95. The fourth-order valence-corrected chi connectivity index (χ4v) is 2.46. The van der Waals surface area contributed by atoms with E-state index in [0.29, 0.717) is 11.3 Å². The first-order valence-electron chi connectivity index (χ1n) is 6.92. The van der Waals surface area contributed by atoms with E-state index in [1.165, 1.54) is 0 Å². The van der Waals surface area contributed by atoms with Gasteiger partial charge in [-0.25, -0.2) is 4.98 Å². The third-order valence-electron chi connectivity index (χ3n) is 3.44. The number of phenolic OH excluding ortho intramolecular Hbond substituents is 1. The number of imidazole rings is 1. The van der Waals surface area contributed by atoms with Crippen molar-refractivity contribution < 1.29 is 9.84 Å². The molecule has 0 bridgehead atoms. The zero-order chi connectivity index (χ0) is 14.8. The van der Waals surface area contributed by atoms with Gasteiger partial charge in [0, 0.05) is 18.8 Å². The van der Waals surface area contributed by atoms with Crippen LogP contribution in [0.5, 0.6) is 11.5 Å². The molecule has 21 heavy (non-hydrogen) atoms. The van der Waals surface area contributed by atoms with Crippen molar-refractivity contribution in [1.82, 2.24) is 14.5 Å². The zero-order valence-corrected chi connectivity index (χ0v) is 12.1. The van der Waals surface area contributed by atoms with E-state index in [4.69, 9.17) is 4.74 Å². The minimum atomic E-state index is 0.162. The Morgan fingerprint density at radius 3 is 2.86 bits per heavy atom. The van der Waals surface area contributed by atoms with Crippen molar-refractivity contribution in [2.24, 2.45) is 0 Å². The zero-order valence-electron chi connectivity index (χ0n) is 12.1. The van der Waals surface area contributed by atoms with Crippen LogP contribution in [0, 0.1) is 0 Å². The maximum Gasteiger partial charge on any atom is 0.144 e. The molecule has 0 radical (unpaired) electrons. The molecule has 0 fully saturated rings. The van der Waals surface area contributed by atoms with Crippen LogP contribution in [-0.4, -0.2) is 26.8 Å². The second kappa shape index (κ2) is 5.44. The molecule has 5 nitrogen and oxygen atoms in total. The van der Waals surface area contributed by atoms with Gasteiger partial charge in [-0.3, -0.25) is 4.98 Å². The number of aromatic nitrogens is 3. The Balaban J connectivity index is 2.21. The van der Waals surface area contributed by atoms with Gasteiger partial charge in [0.2, 0.25) is 0 Å².